The fraction of sp³-hybridized carbons (Fsp3) is 0.333. The summed E-state index contributed by atoms with van der Waals surface area (Å²) < 4.78 is 5.20. The Kier molecular flexibility index (Phi) is 3.63. The van der Waals surface area contributed by atoms with Gasteiger partial charge in [-0.3, -0.25) is 9.59 Å². The summed E-state index contributed by atoms with van der Waals surface area (Å²) in [6.07, 6.45) is 2.57. The molecule has 0 saturated heterocycles. The van der Waals surface area contributed by atoms with E-state index in [1.165, 1.54) is 6.07 Å². The molecule has 0 unspecified atom stereocenters. The lowest BCUT2D eigenvalue weighted by Gasteiger charge is -2.26. The van der Waals surface area contributed by atoms with Crippen LogP contribution in [-0.4, -0.2) is 21.0 Å². The minimum atomic E-state index is -0.189. The van der Waals surface area contributed by atoms with Crippen LogP contribution >= 0.6 is 0 Å². The highest BCUT2D eigenvalue weighted by atomic mass is 16.5. The fourth-order valence-corrected chi connectivity index (χ4v) is 3.48. The Morgan fingerprint density at radius 3 is 3.04 bits per heavy atom. The highest BCUT2D eigenvalue weighted by Crippen LogP contribution is 2.29. The molecule has 1 atom stereocenters. The molecule has 3 heterocycles. The van der Waals surface area contributed by atoms with Crippen LogP contribution in [0, 0.1) is 13.8 Å². The lowest BCUT2D eigenvalue weighted by Crippen LogP contribution is -2.32. The third-order valence-electron chi connectivity index (χ3n) is 4.63. The maximum atomic E-state index is 12.9. The molecule has 0 fully saturated rings. The Bertz CT molecular complexity index is 1030. The molecule has 25 heavy (non-hydrogen) atoms. The molecule has 1 amide bonds. The number of pyridine rings is 2. The predicted octanol–water partition coefficient (Wildman–Crippen LogP) is 2.34. The second kappa shape index (κ2) is 5.84. The van der Waals surface area contributed by atoms with Crippen LogP contribution in [-0.2, 0) is 6.42 Å². The van der Waals surface area contributed by atoms with Gasteiger partial charge in [-0.2, -0.15) is 0 Å². The van der Waals surface area contributed by atoms with Gasteiger partial charge in [-0.05, 0) is 50.8 Å². The van der Waals surface area contributed by atoms with Gasteiger partial charge < -0.3 is 14.8 Å². The molecule has 0 spiro atoms. The minimum Gasteiger partial charge on any atom is -0.345 e. The molecule has 0 saturated carbocycles. The molecule has 4 rings (SSSR count). The number of aromatic nitrogens is 3. The first-order chi connectivity index (χ1) is 12.0. The van der Waals surface area contributed by atoms with E-state index in [0.717, 1.165) is 30.5 Å². The summed E-state index contributed by atoms with van der Waals surface area (Å²) in [5, 5.41) is 7.64. The number of hydrogen-bond acceptors (Lipinski definition) is 5. The number of H-pyrrole nitrogens is 1. The van der Waals surface area contributed by atoms with Crippen LogP contribution in [0.2, 0.25) is 0 Å². The first-order valence-corrected chi connectivity index (χ1v) is 8.29. The maximum absolute atomic E-state index is 12.9. The van der Waals surface area contributed by atoms with Gasteiger partial charge in [0, 0.05) is 17.5 Å². The molecule has 7 heteroatoms. The lowest BCUT2D eigenvalue weighted by molar-refractivity contribution is 0.0934. The van der Waals surface area contributed by atoms with Crippen molar-refractivity contribution in [2.75, 3.05) is 0 Å². The molecule has 128 valence electrons. The summed E-state index contributed by atoms with van der Waals surface area (Å²) in [4.78, 5) is 31.6. The molecule has 7 nitrogen and oxygen atoms in total. The van der Waals surface area contributed by atoms with Crippen molar-refractivity contribution < 1.29 is 9.32 Å². The van der Waals surface area contributed by atoms with Gasteiger partial charge in [-0.25, -0.2) is 4.98 Å². The highest BCUT2D eigenvalue weighted by molar-refractivity contribution is 6.06. The number of aryl methyl sites for hydroxylation is 3. The standard InChI is InChI=1S/C18H18N4O3/c1-9-8-12(16-10(2)22-25-18(16)19-9)17(24)21-14-5-3-4-13-11(14)6-7-15(23)20-13/h6-8,14H,3-5H2,1-2H3,(H,20,23)(H,21,24)/t14-/m0/s1. The van der Waals surface area contributed by atoms with Crippen LogP contribution in [0.25, 0.3) is 11.1 Å². The van der Waals surface area contributed by atoms with Crippen molar-refractivity contribution in [1.29, 1.82) is 0 Å². The quantitative estimate of drug-likeness (QED) is 0.747. The third kappa shape index (κ3) is 2.71. The predicted molar refractivity (Wildman–Crippen MR) is 91.5 cm³/mol. The number of carbonyl (C=O) groups excluding carboxylic acids is 1. The molecular weight excluding hydrogens is 320 g/mol. The number of aromatic amines is 1. The third-order valence-corrected chi connectivity index (χ3v) is 4.63. The van der Waals surface area contributed by atoms with Gasteiger partial charge in [0.2, 0.25) is 5.56 Å². The van der Waals surface area contributed by atoms with Gasteiger partial charge in [-0.1, -0.05) is 5.16 Å². The number of carbonyl (C=O) groups is 1. The van der Waals surface area contributed by atoms with Crippen molar-refractivity contribution in [3.05, 3.63) is 56.8 Å². The maximum Gasteiger partial charge on any atom is 0.258 e. The summed E-state index contributed by atoms with van der Waals surface area (Å²) in [5.41, 5.74) is 3.99. The molecule has 0 bridgehead atoms. The summed E-state index contributed by atoms with van der Waals surface area (Å²) in [6, 6.07) is 4.92. The smallest absolute Gasteiger partial charge is 0.258 e. The second-order valence-corrected chi connectivity index (χ2v) is 6.43. The minimum absolute atomic E-state index is 0.114. The van der Waals surface area contributed by atoms with Crippen LogP contribution in [0.3, 0.4) is 0 Å². The number of fused-ring (bicyclic) bond motifs is 2. The average molecular weight is 338 g/mol. The summed E-state index contributed by atoms with van der Waals surface area (Å²) in [5.74, 6) is -0.189. The molecule has 1 aliphatic carbocycles. The molecular formula is C18H18N4O3. The fourth-order valence-electron chi connectivity index (χ4n) is 3.48. The van der Waals surface area contributed by atoms with E-state index in [1.807, 2.05) is 6.92 Å². The first kappa shape index (κ1) is 15.6. The van der Waals surface area contributed by atoms with E-state index in [1.54, 1.807) is 19.1 Å². The average Bonchev–Trinajstić information content (AvgIpc) is 2.95. The Labute approximate surface area is 143 Å². The first-order valence-electron chi connectivity index (χ1n) is 8.29. The Morgan fingerprint density at radius 1 is 1.36 bits per heavy atom. The molecule has 2 N–H and O–H groups in total. The second-order valence-electron chi connectivity index (χ2n) is 6.43. The van der Waals surface area contributed by atoms with E-state index < -0.39 is 0 Å². The van der Waals surface area contributed by atoms with E-state index in [2.05, 4.69) is 20.4 Å². The highest BCUT2D eigenvalue weighted by Gasteiger charge is 2.25. The van der Waals surface area contributed by atoms with Gasteiger partial charge in [0.05, 0.1) is 22.7 Å². The number of hydrogen-bond donors (Lipinski definition) is 2. The van der Waals surface area contributed by atoms with Crippen LogP contribution in [0.4, 0.5) is 0 Å². The van der Waals surface area contributed by atoms with E-state index in [-0.39, 0.29) is 17.5 Å². The van der Waals surface area contributed by atoms with E-state index in [0.29, 0.717) is 28.1 Å². The van der Waals surface area contributed by atoms with Gasteiger partial charge >= 0.3 is 0 Å². The number of nitrogens with one attached hydrogen (secondary N) is 2. The Hall–Kier alpha value is -2.96. The number of nitrogens with zero attached hydrogens (tertiary/aromatic N) is 2. The molecule has 3 aromatic heterocycles. The normalized spacial score (nSPS) is 16.6. The zero-order valence-corrected chi connectivity index (χ0v) is 14.0. The topological polar surface area (TPSA) is 101 Å². The van der Waals surface area contributed by atoms with Crippen molar-refractivity contribution >= 4 is 17.0 Å². The SMILES string of the molecule is Cc1cc(C(=O)N[C@H]2CCCc3[nH]c(=O)ccc32)c2c(C)noc2n1. The van der Waals surface area contributed by atoms with E-state index >= 15 is 0 Å². The van der Waals surface area contributed by atoms with Crippen LogP contribution in [0.1, 0.15) is 51.9 Å². The molecule has 0 aromatic carbocycles. The van der Waals surface area contributed by atoms with Gasteiger partial charge in [0.1, 0.15) is 0 Å². The van der Waals surface area contributed by atoms with Crippen molar-refractivity contribution in [3.8, 4) is 0 Å². The van der Waals surface area contributed by atoms with Gasteiger partial charge in [0.15, 0.2) is 0 Å². The molecule has 1 aliphatic rings. The lowest BCUT2D eigenvalue weighted by atomic mass is 9.91. The van der Waals surface area contributed by atoms with Crippen LogP contribution < -0.4 is 10.9 Å². The number of rotatable bonds is 2. The van der Waals surface area contributed by atoms with E-state index in [4.69, 9.17) is 4.52 Å². The Balaban J connectivity index is 1.70. The monoisotopic (exact) mass is 338 g/mol. The number of amides is 1. The van der Waals surface area contributed by atoms with Crippen molar-refractivity contribution in [2.24, 2.45) is 0 Å². The van der Waals surface area contributed by atoms with Crippen LogP contribution in [0.15, 0.2) is 27.5 Å². The summed E-state index contributed by atoms with van der Waals surface area (Å²) in [7, 11) is 0. The van der Waals surface area contributed by atoms with Crippen LogP contribution in [0.5, 0.6) is 0 Å². The van der Waals surface area contributed by atoms with Crippen molar-refractivity contribution in [3.63, 3.8) is 0 Å². The summed E-state index contributed by atoms with van der Waals surface area (Å²) >= 11 is 0. The van der Waals surface area contributed by atoms with Gasteiger partial charge in [-0.15, -0.1) is 0 Å². The zero-order chi connectivity index (χ0) is 17.6. The molecule has 0 aliphatic heterocycles. The Morgan fingerprint density at radius 2 is 2.20 bits per heavy atom. The van der Waals surface area contributed by atoms with Gasteiger partial charge in [0.25, 0.3) is 11.6 Å². The summed E-state index contributed by atoms with van der Waals surface area (Å²) in [6.45, 7) is 3.61. The van der Waals surface area contributed by atoms with Crippen molar-refractivity contribution in [1.82, 2.24) is 20.4 Å². The molecule has 0 radical (unpaired) electrons. The largest absolute Gasteiger partial charge is 0.345 e. The molecule has 3 aromatic rings. The van der Waals surface area contributed by atoms with Crippen molar-refractivity contribution in [2.45, 2.75) is 39.2 Å². The van der Waals surface area contributed by atoms with E-state index in [9.17, 15) is 9.59 Å². The zero-order valence-electron chi connectivity index (χ0n) is 14.0.